The molecule has 0 saturated heterocycles. The third-order valence-electron chi connectivity index (χ3n) is 2.37. The van der Waals surface area contributed by atoms with Crippen molar-refractivity contribution in [3.05, 3.63) is 33.4 Å². The lowest BCUT2D eigenvalue weighted by atomic mass is 10.1. The third kappa shape index (κ3) is 3.26. The van der Waals surface area contributed by atoms with Crippen molar-refractivity contribution < 1.29 is 4.92 Å². The first-order valence-electron chi connectivity index (χ1n) is 5.20. The highest BCUT2D eigenvalue weighted by atomic mass is 16.6. The zero-order valence-corrected chi connectivity index (χ0v) is 10.4. The number of nitrogens with zero attached hydrogens (tertiary/aromatic N) is 3. The van der Waals surface area contributed by atoms with Crippen LogP contribution in [0.25, 0.3) is 0 Å². The van der Waals surface area contributed by atoms with Crippen molar-refractivity contribution >= 4 is 22.9 Å². The van der Waals surface area contributed by atoms with Crippen LogP contribution in [-0.2, 0) is 0 Å². The summed E-state index contributed by atoms with van der Waals surface area (Å²) in [5, 5.41) is 30.2. The molecule has 0 aromatic heterocycles. The van der Waals surface area contributed by atoms with E-state index in [2.05, 4.69) is 10.5 Å². The van der Waals surface area contributed by atoms with Crippen molar-refractivity contribution in [2.75, 3.05) is 5.43 Å². The number of nitro benzene ring substituents is 1. The molecule has 0 amide bonds. The first kappa shape index (κ1) is 14.1. The fourth-order valence-corrected chi connectivity index (χ4v) is 1.48. The van der Waals surface area contributed by atoms with Crippen molar-refractivity contribution in [1.29, 1.82) is 10.7 Å². The van der Waals surface area contributed by atoms with Crippen LogP contribution in [0.5, 0.6) is 0 Å². The maximum atomic E-state index is 10.7. The number of anilines is 1. The number of nitrogens with one attached hydrogen (secondary N) is 2. The van der Waals surface area contributed by atoms with E-state index in [9.17, 15) is 10.1 Å². The first-order valence-corrected chi connectivity index (χ1v) is 5.20. The van der Waals surface area contributed by atoms with Crippen LogP contribution in [0.15, 0.2) is 17.2 Å². The minimum absolute atomic E-state index is 0.0170. The van der Waals surface area contributed by atoms with Gasteiger partial charge in [-0.25, -0.2) is 0 Å². The molecule has 0 unspecified atom stereocenters. The van der Waals surface area contributed by atoms with Gasteiger partial charge in [0, 0.05) is 12.1 Å². The Hall–Kier alpha value is -2.95. The molecule has 1 rings (SSSR count). The fourth-order valence-electron chi connectivity index (χ4n) is 1.48. The average molecular weight is 260 g/mol. The number of aryl methyl sites for hydroxylation is 2. The SMILES string of the molecule is Cc1cc([N+](=O)[O-])cc(C)c1N/N=C(\C#N)C(=N)N. The van der Waals surface area contributed by atoms with Crippen LogP contribution >= 0.6 is 0 Å². The minimum atomic E-state index is -0.483. The second-order valence-corrected chi connectivity index (χ2v) is 3.81. The number of hydrazone groups is 1. The Kier molecular flexibility index (Phi) is 4.15. The maximum Gasteiger partial charge on any atom is 0.270 e. The van der Waals surface area contributed by atoms with Crippen molar-refractivity contribution in [3.63, 3.8) is 0 Å². The maximum absolute atomic E-state index is 10.7. The van der Waals surface area contributed by atoms with Gasteiger partial charge in [0.05, 0.1) is 10.6 Å². The highest BCUT2D eigenvalue weighted by molar-refractivity contribution is 6.45. The summed E-state index contributed by atoms with van der Waals surface area (Å²) >= 11 is 0. The van der Waals surface area contributed by atoms with Crippen LogP contribution in [0.2, 0.25) is 0 Å². The minimum Gasteiger partial charge on any atom is -0.382 e. The van der Waals surface area contributed by atoms with Crippen LogP contribution < -0.4 is 11.2 Å². The smallest absolute Gasteiger partial charge is 0.270 e. The molecule has 0 aliphatic heterocycles. The largest absolute Gasteiger partial charge is 0.382 e. The Morgan fingerprint density at radius 1 is 1.53 bits per heavy atom. The van der Waals surface area contributed by atoms with E-state index in [1.165, 1.54) is 12.1 Å². The summed E-state index contributed by atoms with van der Waals surface area (Å²) in [7, 11) is 0. The topological polar surface area (TPSA) is 141 Å². The normalized spacial score (nSPS) is 10.7. The molecule has 0 heterocycles. The molecule has 4 N–H and O–H groups in total. The van der Waals surface area contributed by atoms with E-state index in [0.717, 1.165) is 0 Å². The third-order valence-corrected chi connectivity index (χ3v) is 2.37. The second kappa shape index (κ2) is 5.59. The molecular formula is C11H12N6O2. The molecule has 0 bridgehead atoms. The van der Waals surface area contributed by atoms with E-state index in [1.54, 1.807) is 19.9 Å². The number of hydrogen-bond donors (Lipinski definition) is 3. The van der Waals surface area contributed by atoms with E-state index >= 15 is 0 Å². The second-order valence-electron chi connectivity index (χ2n) is 3.81. The molecule has 0 aliphatic rings. The van der Waals surface area contributed by atoms with Crippen LogP contribution in [0.1, 0.15) is 11.1 Å². The predicted molar refractivity (Wildman–Crippen MR) is 71.2 cm³/mol. The number of nitro groups is 1. The number of rotatable bonds is 4. The summed E-state index contributed by atoms with van der Waals surface area (Å²) in [6.45, 7) is 3.36. The lowest BCUT2D eigenvalue weighted by Gasteiger charge is -2.09. The molecule has 8 heteroatoms. The van der Waals surface area contributed by atoms with Crippen molar-refractivity contribution in [2.45, 2.75) is 13.8 Å². The molecule has 0 radical (unpaired) electrons. The summed E-state index contributed by atoms with van der Waals surface area (Å²) in [5.41, 5.74) is 9.24. The molecule has 0 saturated carbocycles. The number of hydrogen-bond acceptors (Lipinski definition) is 6. The lowest BCUT2D eigenvalue weighted by Crippen LogP contribution is -2.22. The molecule has 19 heavy (non-hydrogen) atoms. The highest BCUT2D eigenvalue weighted by Gasteiger charge is 2.12. The van der Waals surface area contributed by atoms with Gasteiger partial charge in [0.2, 0.25) is 5.71 Å². The van der Waals surface area contributed by atoms with Gasteiger partial charge in [-0.2, -0.15) is 10.4 Å². The summed E-state index contributed by atoms with van der Waals surface area (Å²) in [6, 6.07) is 4.46. The molecular weight excluding hydrogens is 248 g/mol. The van der Waals surface area contributed by atoms with Crippen molar-refractivity contribution in [3.8, 4) is 6.07 Å². The number of nitriles is 1. The summed E-state index contributed by atoms with van der Waals surface area (Å²) in [4.78, 5) is 10.2. The van der Waals surface area contributed by atoms with E-state index in [0.29, 0.717) is 16.8 Å². The predicted octanol–water partition coefficient (Wildman–Crippen LogP) is 1.44. The van der Waals surface area contributed by atoms with Gasteiger partial charge in [0.15, 0.2) is 5.84 Å². The quantitative estimate of drug-likeness (QED) is 0.325. The molecule has 0 aliphatic carbocycles. The molecule has 0 atom stereocenters. The highest BCUT2D eigenvalue weighted by Crippen LogP contribution is 2.26. The lowest BCUT2D eigenvalue weighted by molar-refractivity contribution is -0.384. The van der Waals surface area contributed by atoms with Gasteiger partial charge in [-0.1, -0.05) is 0 Å². The van der Waals surface area contributed by atoms with E-state index < -0.39 is 10.8 Å². The van der Waals surface area contributed by atoms with Crippen LogP contribution in [0.3, 0.4) is 0 Å². The van der Waals surface area contributed by atoms with Gasteiger partial charge < -0.3 is 5.73 Å². The Labute approximate surface area is 109 Å². The van der Waals surface area contributed by atoms with Gasteiger partial charge in [0.25, 0.3) is 5.69 Å². The fraction of sp³-hybridized carbons (Fsp3) is 0.182. The number of amidine groups is 1. The Morgan fingerprint density at radius 2 is 2.05 bits per heavy atom. The molecule has 98 valence electrons. The van der Waals surface area contributed by atoms with Gasteiger partial charge in [-0.05, 0) is 25.0 Å². The van der Waals surface area contributed by atoms with Crippen LogP contribution in [0, 0.1) is 40.7 Å². The summed E-state index contributed by atoms with van der Waals surface area (Å²) in [6.07, 6.45) is 0. The summed E-state index contributed by atoms with van der Waals surface area (Å²) in [5.74, 6) is -0.452. The van der Waals surface area contributed by atoms with E-state index in [1.807, 2.05) is 0 Å². The Balaban J connectivity index is 3.14. The van der Waals surface area contributed by atoms with E-state index in [-0.39, 0.29) is 11.4 Å². The monoisotopic (exact) mass is 260 g/mol. The van der Waals surface area contributed by atoms with Crippen LogP contribution in [-0.4, -0.2) is 16.5 Å². The van der Waals surface area contributed by atoms with Gasteiger partial charge in [-0.15, -0.1) is 0 Å². The molecule has 8 nitrogen and oxygen atoms in total. The zero-order chi connectivity index (χ0) is 14.6. The summed E-state index contributed by atoms with van der Waals surface area (Å²) < 4.78 is 0. The zero-order valence-electron chi connectivity index (χ0n) is 10.4. The van der Waals surface area contributed by atoms with Crippen molar-refractivity contribution in [2.24, 2.45) is 10.8 Å². The number of benzene rings is 1. The molecule has 1 aromatic rings. The molecule has 0 fully saturated rings. The Morgan fingerprint density at radius 3 is 2.42 bits per heavy atom. The van der Waals surface area contributed by atoms with Gasteiger partial charge in [0.1, 0.15) is 6.07 Å². The molecule has 0 spiro atoms. The van der Waals surface area contributed by atoms with E-state index in [4.69, 9.17) is 16.4 Å². The van der Waals surface area contributed by atoms with Crippen LogP contribution in [0.4, 0.5) is 11.4 Å². The van der Waals surface area contributed by atoms with Gasteiger partial charge in [-0.3, -0.25) is 20.9 Å². The Bertz CT molecular complexity index is 591. The first-order chi connectivity index (χ1) is 8.86. The van der Waals surface area contributed by atoms with Gasteiger partial charge >= 0.3 is 0 Å². The average Bonchev–Trinajstić information content (AvgIpc) is 2.31. The number of non-ortho nitro benzene ring substituents is 1. The van der Waals surface area contributed by atoms with Crippen molar-refractivity contribution in [1.82, 2.24) is 0 Å². The standard InChI is InChI=1S/C11H12N6O2/c1-6-3-8(17(18)19)4-7(2)10(6)16-15-9(5-12)11(13)14/h3-4,16H,1-2H3,(H3,13,14)/b15-9+. The molecule has 1 aromatic carbocycles. The number of nitrogens with two attached hydrogens (primary N) is 1.